The average Bonchev–Trinajstić information content (AvgIpc) is 2.13. The van der Waals surface area contributed by atoms with Crippen molar-refractivity contribution in [1.29, 1.82) is 0 Å². The van der Waals surface area contributed by atoms with Gasteiger partial charge in [-0.3, -0.25) is 0 Å². The molecule has 2 N–H and O–H groups in total. The molecule has 14 heavy (non-hydrogen) atoms. The highest BCUT2D eigenvalue weighted by atomic mass is 15.2. The molecule has 3 unspecified atom stereocenters. The lowest BCUT2D eigenvalue weighted by Crippen LogP contribution is -2.62. The summed E-state index contributed by atoms with van der Waals surface area (Å²) in [6, 6.07) is 0.131. The second-order valence-corrected chi connectivity index (χ2v) is 5.43. The Morgan fingerprint density at radius 1 is 1.21 bits per heavy atom. The Morgan fingerprint density at radius 2 is 1.86 bits per heavy atom. The summed E-state index contributed by atoms with van der Waals surface area (Å²) < 4.78 is 0. The van der Waals surface area contributed by atoms with Gasteiger partial charge in [-0.05, 0) is 55.4 Å². The molecule has 0 heterocycles. The molecule has 4 bridgehead atoms. The first-order valence-electron chi connectivity index (χ1n) is 5.55. The highest BCUT2D eigenvalue weighted by Gasteiger charge is 2.55. The van der Waals surface area contributed by atoms with Crippen LogP contribution < -0.4 is 5.73 Å². The summed E-state index contributed by atoms with van der Waals surface area (Å²) in [5, 5.41) is 4.05. The van der Waals surface area contributed by atoms with Crippen molar-refractivity contribution in [3.05, 3.63) is 10.4 Å². The quantitative estimate of drug-likeness (QED) is 0.386. The van der Waals surface area contributed by atoms with E-state index in [-0.39, 0.29) is 11.6 Å². The molecule has 4 saturated carbocycles. The number of azide groups is 1. The third kappa shape index (κ3) is 0.956. The zero-order valence-corrected chi connectivity index (χ0v) is 8.26. The Balaban J connectivity index is 2.01. The van der Waals surface area contributed by atoms with Crippen molar-refractivity contribution in [3.8, 4) is 0 Å². The Morgan fingerprint density at radius 3 is 2.43 bits per heavy atom. The van der Waals surface area contributed by atoms with Gasteiger partial charge in [-0.2, -0.15) is 0 Å². The molecule has 0 aromatic carbocycles. The maximum Gasteiger partial charge on any atom is 0.0646 e. The minimum atomic E-state index is -0.205. The maximum absolute atomic E-state index is 8.65. The molecule has 0 aromatic rings. The number of nitrogens with zero attached hydrogens (tertiary/aromatic N) is 3. The van der Waals surface area contributed by atoms with Crippen LogP contribution in [0.4, 0.5) is 0 Å². The molecule has 5 atom stereocenters. The highest BCUT2D eigenvalue weighted by molar-refractivity contribution is 5.13. The molecule has 4 fully saturated rings. The fraction of sp³-hybridized carbons (Fsp3) is 1.00. The van der Waals surface area contributed by atoms with Crippen LogP contribution in [-0.2, 0) is 0 Å². The van der Waals surface area contributed by atoms with E-state index in [1.54, 1.807) is 0 Å². The van der Waals surface area contributed by atoms with Crippen molar-refractivity contribution in [2.45, 2.75) is 43.7 Å². The lowest BCUT2D eigenvalue weighted by atomic mass is 9.51. The first kappa shape index (κ1) is 8.57. The van der Waals surface area contributed by atoms with Crippen molar-refractivity contribution in [3.63, 3.8) is 0 Å². The minimum Gasteiger partial charge on any atom is -0.327 e. The lowest BCUT2D eigenvalue weighted by molar-refractivity contribution is -0.0186. The van der Waals surface area contributed by atoms with Crippen LogP contribution in [0.1, 0.15) is 32.1 Å². The summed E-state index contributed by atoms with van der Waals surface area (Å²) in [7, 11) is 0. The van der Waals surface area contributed by atoms with Gasteiger partial charge in [0, 0.05) is 11.0 Å². The normalized spacial score (nSPS) is 54.4. The number of nitrogens with two attached hydrogens (primary N) is 1. The van der Waals surface area contributed by atoms with Gasteiger partial charge < -0.3 is 5.73 Å². The molecule has 4 rings (SSSR count). The summed E-state index contributed by atoms with van der Waals surface area (Å²) in [5.74, 6) is 2.21. The van der Waals surface area contributed by atoms with E-state index < -0.39 is 0 Å². The van der Waals surface area contributed by atoms with Crippen molar-refractivity contribution in [1.82, 2.24) is 0 Å². The number of rotatable bonds is 1. The fourth-order valence-electron chi connectivity index (χ4n) is 4.27. The van der Waals surface area contributed by atoms with Crippen LogP contribution >= 0.6 is 0 Å². The van der Waals surface area contributed by atoms with Gasteiger partial charge in [0.15, 0.2) is 0 Å². The molecule has 0 spiro atoms. The van der Waals surface area contributed by atoms with Crippen molar-refractivity contribution < 1.29 is 0 Å². The minimum absolute atomic E-state index is 0.131. The maximum atomic E-state index is 8.65. The van der Waals surface area contributed by atoms with Gasteiger partial charge in [0.25, 0.3) is 0 Å². The Labute approximate surface area is 83.5 Å². The van der Waals surface area contributed by atoms with E-state index in [0.717, 1.165) is 24.7 Å². The first-order valence-corrected chi connectivity index (χ1v) is 5.55. The Kier molecular flexibility index (Phi) is 1.62. The van der Waals surface area contributed by atoms with Gasteiger partial charge >= 0.3 is 0 Å². The second kappa shape index (κ2) is 2.65. The van der Waals surface area contributed by atoms with Crippen LogP contribution in [0.2, 0.25) is 0 Å². The third-order valence-electron chi connectivity index (χ3n) is 4.60. The summed E-state index contributed by atoms with van der Waals surface area (Å²) in [6.45, 7) is 0. The standard InChI is InChI=1S/C10H16N4/c11-9-8-2-6-1-7(3-8)5-10(9,4-6)13-14-12/h6-9H,1-5,11H2/t6-,7+,8?,9?,10?. The molecular formula is C10H16N4. The van der Waals surface area contributed by atoms with E-state index >= 15 is 0 Å². The van der Waals surface area contributed by atoms with Gasteiger partial charge in [0.05, 0.1) is 5.54 Å². The van der Waals surface area contributed by atoms with Crippen LogP contribution in [0, 0.1) is 17.8 Å². The topological polar surface area (TPSA) is 74.8 Å². The molecule has 0 amide bonds. The third-order valence-corrected chi connectivity index (χ3v) is 4.60. The molecule has 0 aliphatic heterocycles. The molecule has 0 saturated heterocycles. The van der Waals surface area contributed by atoms with Crippen LogP contribution in [0.5, 0.6) is 0 Å². The number of hydrogen-bond acceptors (Lipinski definition) is 2. The Bertz CT molecular complexity index is 293. The van der Waals surface area contributed by atoms with Crippen LogP contribution in [0.25, 0.3) is 10.4 Å². The lowest BCUT2D eigenvalue weighted by Gasteiger charge is -2.58. The number of hydrogen-bond donors (Lipinski definition) is 1. The van der Waals surface area contributed by atoms with Crippen LogP contribution in [-0.4, -0.2) is 11.6 Å². The predicted molar refractivity (Wildman–Crippen MR) is 53.4 cm³/mol. The van der Waals surface area contributed by atoms with E-state index in [4.69, 9.17) is 11.3 Å². The summed E-state index contributed by atoms with van der Waals surface area (Å²) in [5.41, 5.74) is 14.7. The smallest absolute Gasteiger partial charge is 0.0646 e. The molecule has 4 aliphatic carbocycles. The predicted octanol–water partition coefficient (Wildman–Crippen LogP) is 2.20. The van der Waals surface area contributed by atoms with Crippen molar-refractivity contribution in [2.75, 3.05) is 0 Å². The molecular weight excluding hydrogens is 176 g/mol. The van der Waals surface area contributed by atoms with Crippen LogP contribution in [0.3, 0.4) is 0 Å². The molecule has 4 heteroatoms. The summed E-state index contributed by atoms with van der Waals surface area (Å²) >= 11 is 0. The summed E-state index contributed by atoms with van der Waals surface area (Å²) in [4.78, 5) is 3.02. The van der Waals surface area contributed by atoms with Crippen molar-refractivity contribution >= 4 is 0 Å². The Hall–Kier alpha value is -0.730. The van der Waals surface area contributed by atoms with Gasteiger partial charge in [0.2, 0.25) is 0 Å². The molecule has 0 radical (unpaired) electrons. The monoisotopic (exact) mass is 192 g/mol. The molecule has 4 nitrogen and oxygen atoms in total. The van der Waals surface area contributed by atoms with E-state index in [1.165, 1.54) is 19.3 Å². The van der Waals surface area contributed by atoms with Gasteiger partial charge in [-0.15, -0.1) is 0 Å². The zero-order valence-electron chi connectivity index (χ0n) is 8.26. The largest absolute Gasteiger partial charge is 0.327 e. The fourth-order valence-corrected chi connectivity index (χ4v) is 4.27. The summed E-state index contributed by atoms with van der Waals surface area (Å²) in [6.07, 6.45) is 6.00. The van der Waals surface area contributed by atoms with Crippen molar-refractivity contribution in [2.24, 2.45) is 28.6 Å². The van der Waals surface area contributed by atoms with Gasteiger partial charge in [-0.1, -0.05) is 5.11 Å². The second-order valence-electron chi connectivity index (χ2n) is 5.43. The molecule has 4 aliphatic rings. The van der Waals surface area contributed by atoms with E-state index in [0.29, 0.717) is 5.92 Å². The molecule has 76 valence electrons. The van der Waals surface area contributed by atoms with E-state index in [9.17, 15) is 0 Å². The SMILES string of the molecule is [N-]=[N+]=NC12C[C@@H]3CC(C[C@@H](C3)C1)C2N. The highest BCUT2D eigenvalue weighted by Crippen LogP contribution is 2.56. The first-order chi connectivity index (χ1) is 6.73. The zero-order chi connectivity index (χ0) is 9.76. The molecule has 0 aromatic heterocycles. The van der Waals surface area contributed by atoms with E-state index in [1.807, 2.05) is 0 Å². The average molecular weight is 192 g/mol. The van der Waals surface area contributed by atoms with Crippen LogP contribution in [0.15, 0.2) is 5.11 Å². The van der Waals surface area contributed by atoms with Gasteiger partial charge in [0.1, 0.15) is 0 Å². The van der Waals surface area contributed by atoms with E-state index in [2.05, 4.69) is 10.0 Å². The van der Waals surface area contributed by atoms with Gasteiger partial charge in [-0.25, -0.2) is 0 Å².